The molecule has 5 aromatic rings. The molecule has 2 amide bonds. The second kappa shape index (κ2) is 11.0. The molecule has 226 valence electrons. The van der Waals surface area contributed by atoms with E-state index in [1.807, 2.05) is 30.1 Å². The van der Waals surface area contributed by atoms with Crippen molar-refractivity contribution in [2.75, 3.05) is 38.1 Å². The summed E-state index contributed by atoms with van der Waals surface area (Å²) in [5.74, 6) is 0.919. The van der Waals surface area contributed by atoms with Crippen LogP contribution in [0.25, 0.3) is 33.5 Å². The van der Waals surface area contributed by atoms with Gasteiger partial charge in [0.1, 0.15) is 12.0 Å². The van der Waals surface area contributed by atoms with Gasteiger partial charge in [0, 0.05) is 61.1 Å². The number of hydrogen-bond donors (Lipinski definition) is 1. The molecule has 2 aromatic heterocycles. The van der Waals surface area contributed by atoms with E-state index in [0.717, 1.165) is 76.4 Å². The molecule has 1 saturated carbocycles. The van der Waals surface area contributed by atoms with Crippen molar-refractivity contribution >= 4 is 28.5 Å². The summed E-state index contributed by atoms with van der Waals surface area (Å²) in [7, 11) is 1.86. The number of fused-ring (bicyclic) bond motifs is 2. The predicted molar refractivity (Wildman–Crippen MR) is 176 cm³/mol. The maximum Gasteiger partial charge on any atom is 0.258 e. The zero-order valence-corrected chi connectivity index (χ0v) is 25.7. The molecule has 8 rings (SSSR count). The van der Waals surface area contributed by atoms with Gasteiger partial charge in [-0.2, -0.15) is 0 Å². The van der Waals surface area contributed by atoms with Crippen molar-refractivity contribution in [3.63, 3.8) is 0 Å². The fourth-order valence-corrected chi connectivity index (χ4v) is 6.88. The van der Waals surface area contributed by atoms with Crippen molar-refractivity contribution in [1.29, 1.82) is 0 Å². The number of H-pyrrole nitrogens is 1. The fraction of sp³-hybridized carbons (Fsp3) is 0.297. The average molecular weight is 597 g/mol. The number of amides is 2. The first-order chi connectivity index (χ1) is 21.9. The van der Waals surface area contributed by atoms with Gasteiger partial charge in [-0.05, 0) is 78.1 Å². The van der Waals surface area contributed by atoms with Gasteiger partial charge in [0.05, 0.1) is 12.2 Å². The van der Waals surface area contributed by atoms with Crippen molar-refractivity contribution < 1.29 is 9.59 Å². The Morgan fingerprint density at radius 2 is 1.76 bits per heavy atom. The minimum absolute atomic E-state index is 0.0679. The number of carbonyl (C=O) groups is 2. The number of benzene rings is 3. The van der Waals surface area contributed by atoms with E-state index in [2.05, 4.69) is 70.3 Å². The molecule has 0 radical (unpaired) electrons. The van der Waals surface area contributed by atoms with Gasteiger partial charge >= 0.3 is 0 Å². The number of aromatic amines is 1. The Bertz CT molecular complexity index is 1960. The van der Waals surface area contributed by atoms with E-state index in [1.54, 1.807) is 11.2 Å². The molecule has 0 spiro atoms. The van der Waals surface area contributed by atoms with Crippen molar-refractivity contribution in [3.05, 3.63) is 101 Å². The molecule has 4 heterocycles. The van der Waals surface area contributed by atoms with Crippen LogP contribution in [0.1, 0.15) is 51.4 Å². The van der Waals surface area contributed by atoms with Crippen LogP contribution < -0.4 is 4.90 Å². The Labute approximate surface area is 262 Å². The summed E-state index contributed by atoms with van der Waals surface area (Å²) in [6.45, 7) is 5.61. The van der Waals surface area contributed by atoms with E-state index in [4.69, 9.17) is 4.98 Å². The number of anilines is 1. The van der Waals surface area contributed by atoms with Crippen LogP contribution in [-0.2, 0) is 17.8 Å². The summed E-state index contributed by atoms with van der Waals surface area (Å²) in [5, 5.41) is 0.940. The number of nitrogens with zero attached hydrogens (tertiary/aromatic N) is 5. The fourth-order valence-electron chi connectivity index (χ4n) is 6.88. The lowest BCUT2D eigenvalue weighted by Crippen LogP contribution is -2.47. The number of aromatic nitrogens is 3. The van der Waals surface area contributed by atoms with E-state index >= 15 is 0 Å². The van der Waals surface area contributed by atoms with Gasteiger partial charge in [-0.1, -0.05) is 48.5 Å². The zero-order valence-electron chi connectivity index (χ0n) is 25.7. The number of carbonyl (C=O) groups excluding carboxylic acids is 2. The minimum atomic E-state index is 0.0679. The smallest absolute Gasteiger partial charge is 0.258 e. The Hall–Kier alpha value is -4.82. The molecular weight excluding hydrogens is 560 g/mol. The molecule has 0 atom stereocenters. The molecule has 8 heteroatoms. The van der Waals surface area contributed by atoms with Gasteiger partial charge in [-0.25, -0.2) is 9.97 Å². The number of piperazine rings is 1. The number of rotatable bonds is 6. The van der Waals surface area contributed by atoms with Gasteiger partial charge in [-0.15, -0.1) is 0 Å². The highest BCUT2D eigenvalue weighted by molar-refractivity contribution is 6.09. The summed E-state index contributed by atoms with van der Waals surface area (Å²) in [6, 6.07) is 23.2. The van der Waals surface area contributed by atoms with Crippen LogP contribution >= 0.6 is 0 Å². The van der Waals surface area contributed by atoms with E-state index in [0.29, 0.717) is 19.0 Å². The third-order valence-corrected chi connectivity index (χ3v) is 9.74. The van der Waals surface area contributed by atoms with E-state index < -0.39 is 0 Å². The van der Waals surface area contributed by atoms with Gasteiger partial charge in [0.15, 0.2) is 0 Å². The molecule has 1 aliphatic carbocycles. The van der Waals surface area contributed by atoms with Crippen molar-refractivity contribution in [3.8, 4) is 22.5 Å². The third-order valence-electron chi connectivity index (χ3n) is 9.74. The molecule has 45 heavy (non-hydrogen) atoms. The number of likely N-dealkylation sites (N-methyl/N-ethyl adjacent to an activating group) is 1. The lowest BCUT2D eigenvalue weighted by Gasteiger charge is -2.31. The lowest BCUT2D eigenvalue weighted by molar-refractivity contribution is -0.134. The van der Waals surface area contributed by atoms with Crippen molar-refractivity contribution in [2.45, 2.75) is 38.6 Å². The van der Waals surface area contributed by atoms with Crippen LogP contribution in [0.3, 0.4) is 0 Å². The highest BCUT2D eigenvalue weighted by atomic mass is 16.2. The molecular formula is C37H36N6O2. The highest BCUT2D eigenvalue weighted by Gasteiger charge is 2.30. The predicted octanol–water partition coefficient (Wildman–Crippen LogP) is 5.95. The molecule has 1 saturated heterocycles. The number of hydrogen-bond acceptors (Lipinski definition) is 5. The van der Waals surface area contributed by atoms with Crippen LogP contribution in [0.15, 0.2) is 73.1 Å². The van der Waals surface area contributed by atoms with E-state index in [-0.39, 0.29) is 11.8 Å². The summed E-state index contributed by atoms with van der Waals surface area (Å²) in [4.78, 5) is 44.5. The first-order valence-electron chi connectivity index (χ1n) is 15.9. The third kappa shape index (κ3) is 5.09. The van der Waals surface area contributed by atoms with E-state index in [9.17, 15) is 9.59 Å². The average Bonchev–Trinajstić information content (AvgIpc) is 3.81. The summed E-state index contributed by atoms with van der Waals surface area (Å²) in [5.41, 5.74) is 11.1. The van der Waals surface area contributed by atoms with Gasteiger partial charge in [0.25, 0.3) is 5.91 Å². The first kappa shape index (κ1) is 27.7. The van der Waals surface area contributed by atoms with Crippen LogP contribution in [0.4, 0.5) is 5.69 Å². The lowest BCUT2D eigenvalue weighted by atomic mass is 9.93. The molecule has 2 aliphatic heterocycles. The monoisotopic (exact) mass is 596 g/mol. The Kier molecular flexibility index (Phi) is 6.75. The second-order valence-electron chi connectivity index (χ2n) is 12.7. The van der Waals surface area contributed by atoms with Gasteiger partial charge < -0.3 is 14.8 Å². The standard InChI is InChI=1S/C37H36N6O2/c1-23-29(4-3-5-33(23)43-15-14-28-18-27(25-10-11-25)12-13-30(28)37(43)45)35-31-19-32(40-36(31)39-22-38-35)26-8-6-24(7-9-26)20-42-17-16-41(2)34(44)21-42/h3-9,12-13,18-19,22,25H,10-11,14-17,20-21H2,1-2H3,(H,38,39,40). The molecule has 0 bridgehead atoms. The van der Waals surface area contributed by atoms with Crippen LogP contribution in [0.2, 0.25) is 0 Å². The molecule has 3 aliphatic rings. The van der Waals surface area contributed by atoms with Gasteiger partial charge in [-0.3, -0.25) is 14.5 Å². The summed E-state index contributed by atoms with van der Waals surface area (Å²) < 4.78 is 0. The number of nitrogens with one attached hydrogen (secondary N) is 1. The molecule has 1 N–H and O–H groups in total. The Morgan fingerprint density at radius 1 is 0.911 bits per heavy atom. The second-order valence-corrected chi connectivity index (χ2v) is 12.7. The van der Waals surface area contributed by atoms with Crippen LogP contribution in [-0.4, -0.2) is 69.8 Å². The summed E-state index contributed by atoms with van der Waals surface area (Å²) in [6.07, 6.45) is 4.98. The van der Waals surface area contributed by atoms with Crippen molar-refractivity contribution in [1.82, 2.24) is 24.8 Å². The molecule has 8 nitrogen and oxygen atoms in total. The summed E-state index contributed by atoms with van der Waals surface area (Å²) >= 11 is 0. The minimum Gasteiger partial charge on any atom is -0.343 e. The molecule has 0 unspecified atom stereocenters. The first-order valence-corrected chi connectivity index (χ1v) is 15.9. The zero-order chi connectivity index (χ0) is 30.7. The van der Waals surface area contributed by atoms with Gasteiger partial charge in [0.2, 0.25) is 5.91 Å². The van der Waals surface area contributed by atoms with E-state index in [1.165, 1.54) is 29.5 Å². The topological polar surface area (TPSA) is 85.4 Å². The quantitative estimate of drug-likeness (QED) is 0.262. The van der Waals surface area contributed by atoms with Crippen LogP contribution in [0.5, 0.6) is 0 Å². The Balaban J connectivity index is 1.06. The highest BCUT2D eigenvalue weighted by Crippen LogP contribution is 2.42. The maximum atomic E-state index is 13.7. The largest absolute Gasteiger partial charge is 0.343 e. The van der Waals surface area contributed by atoms with Crippen LogP contribution in [0, 0.1) is 6.92 Å². The normalized spacial score (nSPS) is 17.3. The SMILES string of the molecule is Cc1c(-c2ncnc3[nH]c(-c4ccc(CN5CCN(C)C(=O)C5)cc4)cc23)cccc1N1CCc2cc(C3CC3)ccc2C1=O. The molecule has 2 fully saturated rings. The van der Waals surface area contributed by atoms with Crippen molar-refractivity contribution in [2.24, 2.45) is 0 Å². The maximum absolute atomic E-state index is 13.7. The Morgan fingerprint density at radius 3 is 2.56 bits per heavy atom. The molecule has 3 aromatic carbocycles.